The van der Waals surface area contributed by atoms with Gasteiger partial charge in [-0.15, -0.1) is 0 Å². The van der Waals surface area contributed by atoms with E-state index in [2.05, 4.69) is 12.7 Å². The molecule has 31 valence electrons. The van der Waals surface area contributed by atoms with Crippen LogP contribution in [-0.4, -0.2) is 5.94 Å². The van der Waals surface area contributed by atoms with Gasteiger partial charge in [0.1, 0.15) is 0 Å². The Morgan fingerprint density at radius 3 is 2.67 bits per heavy atom. The van der Waals surface area contributed by atoms with Gasteiger partial charge < -0.3 is 0 Å². The van der Waals surface area contributed by atoms with Gasteiger partial charge in [-0.25, -0.2) is 4.79 Å². The summed E-state index contributed by atoms with van der Waals surface area (Å²) in [6.45, 7) is 3.43. The standard InChI is InChI=1S/C5H5O/c1-2-3-4-5-6/h3H,1-2H2. The van der Waals surface area contributed by atoms with Crippen molar-refractivity contribution in [1.29, 1.82) is 0 Å². The summed E-state index contributed by atoms with van der Waals surface area (Å²) in [7, 11) is 0. The normalized spacial score (nSPS) is 5.50. The predicted octanol–water partition coefficient (Wildman–Crippen LogP) is 0.753. The first-order chi connectivity index (χ1) is 2.91. The lowest BCUT2D eigenvalue weighted by Crippen LogP contribution is -1.44. The Labute approximate surface area is 37.0 Å². The summed E-state index contributed by atoms with van der Waals surface area (Å²) in [6, 6.07) is 0. The Morgan fingerprint density at radius 2 is 2.50 bits per heavy atom. The molecule has 0 heterocycles. The molecule has 0 fully saturated rings. The van der Waals surface area contributed by atoms with Crippen molar-refractivity contribution in [2.24, 2.45) is 0 Å². The van der Waals surface area contributed by atoms with Crippen LogP contribution in [-0.2, 0) is 4.79 Å². The largest absolute Gasteiger partial charge is 0.224 e. The minimum atomic E-state index is 0.606. The lowest BCUT2D eigenvalue weighted by Gasteiger charge is -1.57. The van der Waals surface area contributed by atoms with Gasteiger partial charge in [-0.2, -0.15) is 0 Å². The highest BCUT2D eigenvalue weighted by atomic mass is 16.1. The Kier molecular flexibility index (Phi) is 3.69. The van der Waals surface area contributed by atoms with E-state index < -0.39 is 0 Å². The van der Waals surface area contributed by atoms with Crippen molar-refractivity contribution in [2.45, 2.75) is 6.42 Å². The molecule has 6 heavy (non-hydrogen) atoms. The van der Waals surface area contributed by atoms with Gasteiger partial charge in [-0.3, -0.25) is 0 Å². The highest BCUT2D eigenvalue weighted by Gasteiger charge is 1.53. The average Bonchev–Trinajstić information content (AvgIpc) is 1.61. The van der Waals surface area contributed by atoms with Crippen LogP contribution in [0.15, 0.2) is 11.8 Å². The molecule has 0 bridgehead atoms. The van der Waals surface area contributed by atoms with Crippen LogP contribution in [0.3, 0.4) is 0 Å². The first kappa shape index (κ1) is 5.23. The molecule has 0 spiro atoms. The fourth-order valence-electron chi connectivity index (χ4n) is 0.114. The van der Waals surface area contributed by atoms with Crippen LogP contribution in [0.1, 0.15) is 6.42 Å². The smallest absolute Gasteiger partial charge is 0.176 e. The fraction of sp³-hybridized carbons (Fsp3) is 0.200. The second-order valence-electron chi connectivity index (χ2n) is 0.739. The lowest BCUT2D eigenvalue weighted by molar-refractivity contribution is 0.569. The maximum Gasteiger partial charge on any atom is 0.176 e. The molecule has 0 amide bonds. The van der Waals surface area contributed by atoms with Gasteiger partial charge >= 0.3 is 0 Å². The third-order valence-corrected chi connectivity index (χ3v) is 0.305. The summed E-state index contributed by atoms with van der Waals surface area (Å²) in [4.78, 5) is 9.27. The third kappa shape index (κ3) is 3.23. The van der Waals surface area contributed by atoms with Crippen LogP contribution in [0.4, 0.5) is 0 Å². The van der Waals surface area contributed by atoms with E-state index in [0.29, 0.717) is 6.42 Å². The van der Waals surface area contributed by atoms with Gasteiger partial charge in [0.25, 0.3) is 0 Å². The predicted molar refractivity (Wildman–Crippen MR) is 23.8 cm³/mol. The first-order valence-electron chi connectivity index (χ1n) is 1.65. The van der Waals surface area contributed by atoms with Gasteiger partial charge in [-0.05, 0) is 25.2 Å². The van der Waals surface area contributed by atoms with Crippen molar-refractivity contribution in [3.8, 4) is 0 Å². The summed E-state index contributed by atoms with van der Waals surface area (Å²) >= 11 is 0. The van der Waals surface area contributed by atoms with Crippen molar-refractivity contribution >= 4 is 5.94 Å². The van der Waals surface area contributed by atoms with E-state index in [0.717, 1.165) is 0 Å². The summed E-state index contributed by atoms with van der Waals surface area (Å²) in [5.41, 5.74) is 2.20. The summed E-state index contributed by atoms with van der Waals surface area (Å²) in [6.07, 6.45) is 2.13. The minimum Gasteiger partial charge on any atom is -0.224 e. The molecular weight excluding hydrogens is 76.1 g/mol. The number of allylic oxidation sites excluding steroid dienone is 1. The molecule has 0 N–H and O–H groups in total. The molecule has 0 unspecified atom stereocenters. The van der Waals surface area contributed by atoms with Crippen LogP contribution in [0, 0.1) is 6.92 Å². The summed E-state index contributed by atoms with van der Waals surface area (Å²) < 4.78 is 0. The van der Waals surface area contributed by atoms with Crippen LogP contribution < -0.4 is 0 Å². The van der Waals surface area contributed by atoms with E-state index in [1.165, 1.54) is 12.0 Å². The molecule has 0 aromatic rings. The van der Waals surface area contributed by atoms with Crippen LogP contribution in [0.5, 0.6) is 0 Å². The van der Waals surface area contributed by atoms with Crippen LogP contribution in [0.2, 0.25) is 0 Å². The van der Waals surface area contributed by atoms with Crippen molar-refractivity contribution in [3.63, 3.8) is 0 Å². The topological polar surface area (TPSA) is 17.1 Å². The van der Waals surface area contributed by atoms with E-state index in [4.69, 9.17) is 0 Å². The van der Waals surface area contributed by atoms with Gasteiger partial charge in [0.05, 0.1) is 0 Å². The zero-order chi connectivity index (χ0) is 4.83. The van der Waals surface area contributed by atoms with Gasteiger partial charge in [0, 0.05) is 0 Å². The van der Waals surface area contributed by atoms with E-state index in [1.54, 1.807) is 0 Å². The molecule has 0 aromatic heterocycles. The van der Waals surface area contributed by atoms with Crippen LogP contribution in [0.25, 0.3) is 0 Å². The lowest BCUT2D eigenvalue weighted by atomic mass is 10.5. The number of rotatable bonds is 1. The zero-order valence-corrected chi connectivity index (χ0v) is 3.40. The molecule has 0 aliphatic heterocycles. The zero-order valence-electron chi connectivity index (χ0n) is 3.40. The Morgan fingerprint density at radius 1 is 1.83 bits per heavy atom. The molecule has 0 aliphatic rings. The molecule has 0 atom stereocenters. The monoisotopic (exact) mass is 81.0 g/mol. The molecule has 0 aromatic carbocycles. The Balaban J connectivity index is 3.47. The van der Waals surface area contributed by atoms with Crippen molar-refractivity contribution in [2.75, 3.05) is 0 Å². The molecule has 0 aliphatic carbocycles. The van der Waals surface area contributed by atoms with E-state index in [-0.39, 0.29) is 0 Å². The second kappa shape index (κ2) is 4.23. The fourth-order valence-corrected chi connectivity index (χ4v) is 0.114. The molecular formula is C5H5O. The molecule has 1 nitrogen and oxygen atoms in total. The van der Waals surface area contributed by atoms with E-state index >= 15 is 0 Å². The van der Waals surface area contributed by atoms with Crippen molar-refractivity contribution < 1.29 is 4.79 Å². The van der Waals surface area contributed by atoms with Gasteiger partial charge in [0.2, 0.25) is 0 Å². The van der Waals surface area contributed by atoms with Gasteiger partial charge in [-0.1, -0.05) is 0 Å². The maximum atomic E-state index is 9.27. The number of hydrogen-bond donors (Lipinski definition) is 0. The van der Waals surface area contributed by atoms with E-state index in [9.17, 15) is 4.79 Å². The highest BCUT2D eigenvalue weighted by Crippen LogP contribution is 1.68. The second-order valence-corrected chi connectivity index (χ2v) is 0.739. The molecule has 0 saturated heterocycles. The van der Waals surface area contributed by atoms with Crippen molar-refractivity contribution in [1.82, 2.24) is 0 Å². The summed E-state index contributed by atoms with van der Waals surface area (Å²) in [5.74, 6) is 1.47. The maximum absolute atomic E-state index is 9.27. The number of hydrogen-bond acceptors (Lipinski definition) is 1. The van der Waals surface area contributed by atoms with Gasteiger partial charge in [0.15, 0.2) is 5.94 Å². The molecule has 0 rings (SSSR count). The SMILES string of the molecule is [CH2]CC=C=C=O. The quantitative estimate of drug-likeness (QED) is 0.336. The van der Waals surface area contributed by atoms with Crippen LogP contribution >= 0.6 is 0 Å². The summed E-state index contributed by atoms with van der Waals surface area (Å²) in [5, 5.41) is 0. The third-order valence-electron chi connectivity index (χ3n) is 0.305. The van der Waals surface area contributed by atoms with Crippen molar-refractivity contribution in [3.05, 3.63) is 18.7 Å². The Bertz CT molecular complexity index is 92.5. The molecule has 1 radical (unpaired) electrons. The average molecular weight is 81.1 g/mol. The minimum absolute atomic E-state index is 0.606. The molecule has 1 heteroatoms. The first-order valence-corrected chi connectivity index (χ1v) is 1.65. The molecule has 0 saturated carbocycles. The number of carbonyl (C=O) groups excluding carboxylic acids is 1. The highest BCUT2D eigenvalue weighted by molar-refractivity contribution is 5.43. The van der Waals surface area contributed by atoms with E-state index in [1.807, 2.05) is 0 Å². The Hall–Kier alpha value is -0.770.